The molecule has 11 heteroatoms. The van der Waals surface area contributed by atoms with Crippen LogP contribution in [-0.2, 0) is 9.47 Å². The zero-order valence-corrected chi connectivity index (χ0v) is 28.9. The van der Waals surface area contributed by atoms with Crippen LogP contribution >= 0.6 is 0 Å². The molecule has 48 heavy (non-hydrogen) atoms. The number of rotatable bonds is 6. The molecule has 2 aliphatic rings. The number of carbonyl (C=O) groups excluding carboxylic acids is 2. The first-order valence-corrected chi connectivity index (χ1v) is 16.7. The minimum absolute atomic E-state index is 0.137. The second-order valence-electron chi connectivity index (χ2n) is 14.5. The number of aromatic amines is 2. The number of H-pyrrole nitrogens is 2. The van der Waals surface area contributed by atoms with Crippen LogP contribution in [0, 0.1) is 0 Å². The first-order valence-electron chi connectivity index (χ1n) is 16.7. The van der Waals surface area contributed by atoms with E-state index in [2.05, 4.69) is 45.3 Å². The Kier molecular flexibility index (Phi) is 8.98. The summed E-state index contributed by atoms with van der Waals surface area (Å²) in [7, 11) is 1.65. The molecule has 0 radical (unpaired) electrons. The first-order chi connectivity index (χ1) is 22.8. The van der Waals surface area contributed by atoms with E-state index in [0.717, 1.165) is 71.0 Å². The lowest BCUT2D eigenvalue weighted by molar-refractivity contribution is 0.0208. The predicted molar refractivity (Wildman–Crippen MR) is 183 cm³/mol. The van der Waals surface area contributed by atoms with Gasteiger partial charge in [-0.1, -0.05) is 30.3 Å². The summed E-state index contributed by atoms with van der Waals surface area (Å²) in [5.41, 5.74) is 4.43. The van der Waals surface area contributed by atoms with Gasteiger partial charge < -0.3 is 24.2 Å². The molecule has 0 unspecified atom stereocenters. The van der Waals surface area contributed by atoms with Crippen molar-refractivity contribution in [3.63, 3.8) is 0 Å². The van der Waals surface area contributed by atoms with E-state index in [0.29, 0.717) is 18.8 Å². The number of imidazole rings is 2. The van der Waals surface area contributed by atoms with Gasteiger partial charge in [0.2, 0.25) is 0 Å². The number of ether oxygens (including phenoxy) is 3. The molecule has 4 aromatic rings. The smallest absolute Gasteiger partial charge is 0.410 e. The van der Waals surface area contributed by atoms with Crippen molar-refractivity contribution in [1.29, 1.82) is 0 Å². The molecule has 6 rings (SSSR count). The molecule has 0 bridgehead atoms. The molecule has 2 aromatic carbocycles. The molecule has 11 nitrogen and oxygen atoms in total. The summed E-state index contributed by atoms with van der Waals surface area (Å²) in [4.78, 5) is 45.6. The number of aromatic nitrogens is 4. The molecule has 4 heterocycles. The SMILES string of the molecule is COc1ccc(-c2ccc(-c3cnc([C@@H]4CCCN4C(=O)OC(C)(C)C)[nH]3)cc2)cc1-c1c[nH]c([C@@H]2CCCN2C(=O)OC(C)(C)C)n1. The predicted octanol–water partition coefficient (Wildman–Crippen LogP) is 8.29. The fourth-order valence-electron chi connectivity index (χ4n) is 6.41. The van der Waals surface area contributed by atoms with Crippen LogP contribution in [0.1, 0.15) is 91.0 Å². The third-order valence-corrected chi connectivity index (χ3v) is 8.59. The standard InChI is InChI=1S/C37H46N6O5/c1-36(2,3)47-34(44)42-18-8-10-29(42)32-38-21-27(40-32)24-14-12-23(13-15-24)25-16-17-31(46-7)26(20-25)28-22-39-33(41-28)30-11-9-19-43(30)35(45)48-37(4,5)6/h12-17,20-22,29-30H,8-11,18-19H2,1-7H3,(H,38,40)(H,39,41)/t29-,30-/m0/s1. The van der Waals surface area contributed by atoms with E-state index >= 15 is 0 Å². The zero-order chi connectivity index (χ0) is 34.2. The van der Waals surface area contributed by atoms with Crippen LogP contribution in [0.2, 0.25) is 0 Å². The van der Waals surface area contributed by atoms with Crippen molar-refractivity contribution >= 4 is 12.2 Å². The molecule has 0 spiro atoms. The molecule has 0 aliphatic carbocycles. The van der Waals surface area contributed by atoms with E-state index in [9.17, 15) is 9.59 Å². The minimum Gasteiger partial charge on any atom is -0.496 e. The molecule has 0 saturated carbocycles. The van der Waals surface area contributed by atoms with Crippen molar-refractivity contribution in [3.05, 3.63) is 66.5 Å². The molecule has 2 N–H and O–H groups in total. The van der Waals surface area contributed by atoms with Gasteiger partial charge in [-0.25, -0.2) is 19.6 Å². The van der Waals surface area contributed by atoms with Crippen molar-refractivity contribution in [1.82, 2.24) is 29.7 Å². The van der Waals surface area contributed by atoms with Gasteiger partial charge in [0, 0.05) is 24.8 Å². The van der Waals surface area contributed by atoms with Gasteiger partial charge in [-0.3, -0.25) is 9.80 Å². The van der Waals surface area contributed by atoms with Crippen molar-refractivity contribution in [3.8, 4) is 39.4 Å². The molecule has 254 valence electrons. The maximum Gasteiger partial charge on any atom is 0.410 e. The highest BCUT2D eigenvalue weighted by atomic mass is 16.6. The van der Waals surface area contributed by atoms with Gasteiger partial charge in [-0.15, -0.1) is 0 Å². The number of nitrogens with one attached hydrogen (secondary N) is 2. The summed E-state index contributed by atoms with van der Waals surface area (Å²) >= 11 is 0. The quantitative estimate of drug-likeness (QED) is 0.214. The molecule has 2 atom stereocenters. The molecule has 2 saturated heterocycles. The summed E-state index contributed by atoms with van der Waals surface area (Å²) in [6.07, 6.45) is 6.52. The van der Waals surface area contributed by atoms with Crippen molar-refractivity contribution in [2.24, 2.45) is 0 Å². The van der Waals surface area contributed by atoms with E-state index in [1.807, 2.05) is 66.1 Å². The maximum absolute atomic E-state index is 12.9. The average Bonchev–Trinajstić information content (AvgIpc) is 3.85. The molecule has 2 amide bonds. The number of hydrogen-bond donors (Lipinski definition) is 2. The molecule has 2 aromatic heterocycles. The topological polar surface area (TPSA) is 126 Å². The Hall–Kier alpha value is -4.80. The van der Waals surface area contributed by atoms with E-state index in [4.69, 9.17) is 19.2 Å². The number of hydrogen-bond acceptors (Lipinski definition) is 7. The van der Waals surface area contributed by atoms with Gasteiger partial charge in [0.25, 0.3) is 0 Å². The fourth-order valence-corrected chi connectivity index (χ4v) is 6.41. The summed E-state index contributed by atoms with van der Waals surface area (Å²) in [6, 6.07) is 14.0. The number of methoxy groups -OCH3 is 1. The van der Waals surface area contributed by atoms with Gasteiger partial charge >= 0.3 is 12.2 Å². The third kappa shape index (κ3) is 7.19. The van der Waals surface area contributed by atoms with Crippen LogP contribution in [0.25, 0.3) is 33.6 Å². The molecular weight excluding hydrogens is 608 g/mol. The third-order valence-electron chi connectivity index (χ3n) is 8.59. The summed E-state index contributed by atoms with van der Waals surface area (Å²) in [5.74, 6) is 2.21. The molecule has 2 fully saturated rings. The Morgan fingerprint density at radius 3 is 1.94 bits per heavy atom. The zero-order valence-electron chi connectivity index (χ0n) is 28.9. The average molecular weight is 655 g/mol. The van der Waals surface area contributed by atoms with E-state index < -0.39 is 11.2 Å². The highest BCUT2D eigenvalue weighted by Crippen LogP contribution is 2.38. The number of likely N-dealkylation sites (tertiary alicyclic amines) is 2. The lowest BCUT2D eigenvalue weighted by atomic mass is 9.99. The van der Waals surface area contributed by atoms with Crippen LogP contribution < -0.4 is 4.74 Å². The van der Waals surface area contributed by atoms with Crippen LogP contribution in [-0.4, -0.2) is 73.3 Å². The van der Waals surface area contributed by atoms with Crippen LogP contribution in [0.4, 0.5) is 9.59 Å². The van der Waals surface area contributed by atoms with Crippen LogP contribution in [0.5, 0.6) is 5.75 Å². The van der Waals surface area contributed by atoms with E-state index in [1.165, 1.54) is 0 Å². The normalized spacial score (nSPS) is 18.3. The minimum atomic E-state index is -0.563. The Morgan fingerprint density at radius 2 is 1.35 bits per heavy atom. The van der Waals surface area contributed by atoms with Gasteiger partial charge in [0.1, 0.15) is 28.6 Å². The molecule has 2 aliphatic heterocycles. The van der Waals surface area contributed by atoms with Crippen LogP contribution in [0.3, 0.4) is 0 Å². The molecular formula is C37H46N6O5. The van der Waals surface area contributed by atoms with Crippen molar-refractivity contribution in [2.45, 2.75) is 90.5 Å². The second kappa shape index (κ2) is 13.0. The van der Waals surface area contributed by atoms with Crippen LogP contribution in [0.15, 0.2) is 54.9 Å². The highest BCUT2D eigenvalue weighted by Gasteiger charge is 2.36. The van der Waals surface area contributed by atoms with Gasteiger partial charge in [0.05, 0.1) is 36.8 Å². The lowest BCUT2D eigenvalue weighted by Gasteiger charge is -2.27. The van der Waals surface area contributed by atoms with Gasteiger partial charge in [-0.2, -0.15) is 0 Å². The number of nitrogens with zero attached hydrogens (tertiary/aromatic N) is 4. The summed E-state index contributed by atoms with van der Waals surface area (Å²) in [6.45, 7) is 12.5. The number of carbonyl (C=O) groups is 2. The van der Waals surface area contributed by atoms with Crippen molar-refractivity contribution in [2.75, 3.05) is 20.2 Å². The summed E-state index contributed by atoms with van der Waals surface area (Å²) < 4.78 is 17.0. The largest absolute Gasteiger partial charge is 0.496 e. The Balaban J connectivity index is 1.19. The Labute approximate surface area is 282 Å². The maximum atomic E-state index is 12.9. The number of amides is 2. The fraction of sp³-hybridized carbons (Fsp3) is 0.459. The van der Waals surface area contributed by atoms with E-state index in [1.54, 1.807) is 16.9 Å². The Bertz CT molecular complexity index is 1760. The highest BCUT2D eigenvalue weighted by molar-refractivity contribution is 5.77. The first kappa shape index (κ1) is 33.1. The Morgan fingerprint density at radius 1 is 0.792 bits per heavy atom. The lowest BCUT2D eigenvalue weighted by Crippen LogP contribution is -2.36. The van der Waals surface area contributed by atoms with Crippen molar-refractivity contribution < 1.29 is 23.8 Å². The monoisotopic (exact) mass is 654 g/mol. The summed E-state index contributed by atoms with van der Waals surface area (Å²) in [5, 5.41) is 0. The van der Waals surface area contributed by atoms with Gasteiger partial charge in [-0.05, 0) is 96.0 Å². The van der Waals surface area contributed by atoms with Gasteiger partial charge in [0.15, 0.2) is 0 Å². The second-order valence-corrected chi connectivity index (χ2v) is 14.5. The van der Waals surface area contributed by atoms with E-state index in [-0.39, 0.29) is 24.3 Å². The number of benzene rings is 2.